The van der Waals surface area contributed by atoms with Crippen LogP contribution in [0.1, 0.15) is 41.6 Å². The SMILES string of the molecule is NCc1ccc(C(=O)NCC2(C3CC3)CC2)cc1. The summed E-state index contributed by atoms with van der Waals surface area (Å²) in [6.45, 7) is 1.38. The summed E-state index contributed by atoms with van der Waals surface area (Å²) in [5, 5.41) is 3.09. The number of hydrogen-bond donors (Lipinski definition) is 2. The lowest BCUT2D eigenvalue weighted by atomic mass is 10.0. The van der Waals surface area contributed by atoms with Gasteiger partial charge in [-0.3, -0.25) is 4.79 Å². The van der Waals surface area contributed by atoms with E-state index in [4.69, 9.17) is 5.73 Å². The molecule has 0 unspecified atom stereocenters. The maximum atomic E-state index is 12.0. The van der Waals surface area contributed by atoms with Crippen molar-refractivity contribution in [3.8, 4) is 0 Å². The minimum absolute atomic E-state index is 0.0468. The van der Waals surface area contributed by atoms with Crippen LogP contribution in [-0.2, 0) is 6.54 Å². The molecule has 0 bridgehead atoms. The predicted molar refractivity (Wildman–Crippen MR) is 71.1 cm³/mol. The van der Waals surface area contributed by atoms with Crippen LogP contribution in [0.15, 0.2) is 24.3 Å². The molecule has 3 rings (SSSR count). The monoisotopic (exact) mass is 244 g/mol. The van der Waals surface area contributed by atoms with Crippen molar-refractivity contribution in [3.63, 3.8) is 0 Å². The van der Waals surface area contributed by atoms with Crippen molar-refractivity contribution in [3.05, 3.63) is 35.4 Å². The van der Waals surface area contributed by atoms with Crippen molar-refractivity contribution < 1.29 is 4.79 Å². The van der Waals surface area contributed by atoms with Gasteiger partial charge in [-0.25, -0.2) is 0 Å². The predicted octanol–water partition coefficient (Wildman–Crippen LogP) is 2.07. The average Bonchev–Trinajstić information content (AvgIpc) is 3.28. The number of amides is 1. The highest BCUT2D eigenvalue weighted by molar-refractivity contribution is 5.94. The molecule has 0 radical (unpaired) electrons. The van der Waals surface area contributed by atoms with E-state index in [9.17, 15) is 4.79 Å². The molecule has 0 aliphatic heterocycles. The number of rotatable bonds is 5. The number of benzene rings is 1. The van der Waals surface area contributed by atoms with Gasteiger partial charge in [0, 0.05) is 18.7 Å². The molecule has 1 aromatic rings. The fourth-order valence-electron chi connectivity index (χ4n) is 2.74. The van der Waals surface area contributed by atoms with Crippen LogP contribution in [0.25, 0.3) is 0 Å². The maximum Gasteiger partial charge on any atom is 0.251 e. The first kappa shape index (κ1) is 11.7. The molecule has 1 amide bonds. The lowest BCUT2D eigenvalue weighted by Crippen LogP contribution is -2.31. The van der Waals surface area contributed by atoms with E-state index in [1.165, 1.54) is 25.7 Å². The largest absolute Gasteiger partial charge is 0.351 e. The molecule has 0 aromatic heterocycles. The summed E-state index contributed by atoms with van der Waals surface area (Å²) in [6.07, 6.45) is 5.32. The topological polar surface area (TPSA) is 55.1 Å². The zero-order valence-electron chi connectivity index (χ0n) is 10.6. The molecule has 18 heavy (non-hydrogen) atoms. The van der Waals surface area contributed by atoms with Crippen LogP contribution in [0.5, 0.6) is 0 Å². The number of carbonyl (C=O) groups is 1. The van der Waals surface area contributed by atoms with Gasteiger partial charge in [-0.15, -0.1) is 0 Å². The van der Waals surface area contributed by atoms with Gasteiger partial charge in [0.1, 0.15) is 0 Å². The maximum absolute atomic E-state index is 12.0. The highest BCUT2D eigenvalue weighted by Crippen LogP contribution is 2.60. The Bertz CT molecular complexity index is 444. The van der Waals surface area contributed by atoms with Crippen molar-refractivity contribution in [1.82, 2.24) is 5.32 Å². The summed E-state index contributed by atoms with van der Waals surface area (Å²) in [4.78, 5) is 12.0. The smallest absolute Gasteiger partial charge is 0.251 e. The second-order valence-corrected chi connectivity index (χ2v) is 5.72. The Hall–Kier alpha value is -1.35. The summed E-state index contributed by atoms with van der Waals surface area (Å²) < 4.78 is 0. The quantitative estimate of drug-likeness (QED) is 0.833. The summed E-state index contributed by atoms with van der Waals surface area (Å²) in [6, 6.07) is 7.55. The molecule has 3 nitrogen and oxygen atoms in total. The minimum Gasteiger partial charge on any atom is -0.351 e. The van der Waals surface area contributed by atoms with E-state index in [0.717, 1.165) is 23.6 Å². The van der Waals surface area contributed by atoms with Crippen molar-refractivity contribution in [2.45, 2.75) is 32.2 Å². The highest BCUT2D eigenvalue weighted by atomic mass is 16.1. The number of carbonyl (C=O) groups excluding carboxylic acids is 1. The molecule has 2 aliphatic rings. The highest BCUT2D eigenvalue weighted by Gasteiger charge is 2.53. The first-order valence-electron chi connectivity index (χ1n) is 6.81. The third kappa shape index (κ3) is 2.27. The van der Waals surface area contributed by atoms with E-state index < -0.39 is 0 Å². The first-order valence-corrected chi connectivity index (χ1v) is 6.81. The number of nitrogens with two attached hydrogens (primary N) is 1. The van der Waals surface area contributed by atoms with Crippen molar-refractivity contribution in [2.24, 2.45) is 17.1 Å². The second kappa shape index (κ2) is 4.39. The molecule has 2 aliphatic carbocycles. The Morgan fingerprint density at radius 1 is 1.28 bits per heavy atom. The molecule has 2 fully saturated rings. The van der Waals surface area contributed by atoms with Gasteiger partial charge >= 0.3 is 0 Å². The van der Waals surface area contributed by atoms with Gasteiger partial charge in [0.15, 0.2) is 0 Å². The van der Waals surface area contributed by atoms with Crippen LogP contribution in [0.4, 0.5) is 0 Å². The van der Waals surface area contributed by atoms with E-state index in [1.54, 1.807) is 0 Å². The average molecular weight is 244 g/mol. The molecule has 1 aromatic carbocycles. The van der Waals surface area contributed by atoms with Gasteiger partial charge in [0.05, 0.1) is 0 Å². The van der Waals surface area contributed by atoms with Crippen molar-refractivity contribution in [2.75, 3.05) is 6.54 Å². The zero-order valence-corrected chi connectivity index (χ0v) is 10.6. The van der Waals surface area contributed by atoms with Gasteiger partial charge in [-0.05, 0) is 54.7 Å². The first-order chi connectivity index (χ1) is 8.73. The van der Waals surface area contributed by atoms with Gasteiger partial charge in [-0.2, -0.15) is 0 Å². The Labute approximate surface area is 108 Å². The van der Waals surface area contributed by atoms with Gasteiger partial charge in [0.2, 0.25) is 0 Å². The Morgan fingerprint density at radius 3 is 2.44 bits per heavy atom. The molecule has 2 saturated carbocycles. The summed E-state index contributed by atoms with van der Waals surface area (Å²) >= 11 is 0. The van der Waals surface area contributed by atoms with E-state index in [0.29, 0.717) is 12.0 Å². The Morgan fingerprint density at radius 2 is 1.94 bits per heavy atom. The molecule has 0 heterocycles. The summed E-state index contributed by atoms with van der Waals surface area (Å²) in [5.74, 6) is 0.933. The normalized spacial score (nSPS) is 20.5. The fourth-order valence-corrected chi connectivity index (χ4v) is 2.74. The standard InChI is InChI=1S/C15H20N2O/c16-9-11-1-3-12(4-2-11)14(18)17-10-15(7-8-15)13-5-6-13/h1-4,13H,5-10,16H2,(H,17,18). The molecule has 3 heteroatoms. The number of hydrogen-bond acceptors (Lipinski definition) is 2. The fraction of sp³-hybridized carbons (Fsp3) is 0.533. The van der Waals surface area contributed by atoms with Crippen molar-refractivity contribution in [1.29, 1.82) is 0 Å². The molecular formula is C15H20N2O. The zero-order chi connectivity index (χ0) is 12.6. The lowest BCUT2D eigenvalue weighted by Gasteiger charge is -2.15. The molecule has 0 saturated heterocycles. The van der Waals surface area contributed by atoms with Crippen LogP contribution in [0.2, 0.25) is 0 Å². The van der Waals surface area contributed by atoms with Crippen molar-refractivity contribution >= 4 is 5.91 Å². The lowest BCUT2D eigenvalue weighted by molar-refractivity contribution is 0.0942. The summed E-state index contributed by atoms with van der Waals surface area (Å²) in [5.41, 5.74) is 7.80. The van der Waals surface area contributed by atoms with Gasteiger partial charge in [0.25, 0.3) is 5.91 Å². The van der Waals surface area contributed by atoms with E-state index in [2.05, 4.69) is 5.32 Å². The Kier molecular flexibility index (Phi) is 2.86. The molecule has 0 atom stereocenters. The van der Waals surface area contributed by atoms with Gasteiger partial charge < -0.3 is 11.1 Å². The Balaban J connectivity index is 1.57. The van der Waals surface area contributed by atoms with Crippen LogP contribution in [0, 0.1) is 11.3 Å². The van der Waals surface area contributed by atoms with E-state index in [-0.39, 0.29) is 5.91 Å². The van der Waals surface area contributed by atoms with Crippen LogP contribution < -0.4 is 11.1 Å². The third-order valence-electron chi connectivity index (χ3n) is 4.39. The molecule has 96 valence electrons. The van der Waals surface area contributed by atoms with Crippen LogP contribution in [-0.4, -0.2) is 12.5 Å². The second-order valence-electron chi connectivity index (χ2n) is 5.72. The van der Waals surface area contributed by atoms with Crippen LogP contribution in [0.3, 0.4) is 0 Å². The minimum atomic E-state index is 0.0468. The third-order valence-corrected chi connectivity index (χ3v) is 4.39. The molecular weight excluding hydrogens is 224 g/mol. The molecule has 3 N–H and O–H groups in total. The van der Waals surface area contributed by atoms with Gasteiger partial charge in [-0.1, -0.05) is 12.1 Å². The summed E-state index contributed by atoms with van der Waals surface area (Å²) in [7, 11) is 0. The van der Waals surface area contributed by atoms with E-state index >= 15 is 0 Å². The number of nitrogens with one attached hydrogen (secondary N) is 1. The van der Waals surface area contributed by atoms with E-state index in [1.807, 2.05) is 24.3 Å². The molecule has 0 spiro atoms. The van der Waals surface area contributed by atoms with Crippen LogP contribution >= 0.6 is 0 Å².